The van der Waals surface area contributed by atoms with Gasteiger partial charge in [0.25, 0.3) is 11.8 Å². The molecule has 0 saturated heterocycles. The standard InChI is InChI=1S/C26H19N3O4/c1-16-22(25(31)29(27-16)19-13-11-18(12-14-19)26(32)33)23-20-9-5-6-10-21(20)28(24(23)30)15-17-7-3-2-4-8-17/h2-14H,15H2,1H3,(H,32,33). The highest BCUT2D eigenvalue weighted by molar-refractivity contribution is 6.45. The third-order valence-electron chi connectivity index (χ3n) is 5.73. The highest BCUT2D eigenvalue weighted by Crippen LogP contribution is 2.41. The van der Waals surface area contributed by atoms with Crippen molar-refractivity contribution >= 4 is 40.4 Å². The van der Waals surface area contributed by atoms with Gasteiger partial charge in [-0.15, -0.1) is 0 Å². The Morgan fingerprint density at radius 2 is 1.52 bits per heavy atom. The average molecular weight is 437 g/mol. The first-order chi connectivity index (χ1) is 16.0. The zero-order chi connectivity index (χ0) is 23.1. The number of carboxylic acids is 1. The maximum absolute atomic E-state index is 13.6. The van der Waals surface area contributed by atoms with Gasteiger partial charge < -0.3 is 10.0 Å². The highest BCUT2D eigenvalue weighted by atomic mass is 16.4. The van der Waals surface area contributed by atoms with Crippen molar-refractivity contribution in [1.82, 2.24) is 0 Å². The maximum atomic E-state index is 13.6. The summed E-state index contributed by atoms with van der Waals surface area (Å²) in [6.45, 7) is 2.08. The van der Waals surface area contributed by atoms with Gasteiger partial charge in [-0.1, -0.05) is 48.5 Å². The van der Waals surface area contributed by atoms with Gasteiger partial charge in [0, 0.05) is 5.56 Å². The van der Waals surface area contributed by atoms with Crippen LogP contribution in [0.3, 0.4) is 0 Å². The normalized spacial score (nSPS) is 17.4. The molecular formula is C26H19N3O4. The Morgan fingerprint density at radius 1 is 0.848 bits per heavy atom. The Kier molecular flexibility index (Phi) is 4.86. The van der Waals surface area contributed by atoms with Crippen LogP contribution in [0.15, 0.2) is 89.5 Å². The first kappa shape index (κ1) is 20.4. The van der Waals surface area contributed by atoms with Crippen LogP contribution < -0.4 is 9.91 Å². The zero-order valence-electron chi connectivity index (χ0n) is 17.7. The third kappa shape index (κ3) is 3.40. The molecule has 0 aromatic heterocycles. The van der Waals surface area contributed by atoms with E-state index >= 15 is 0 Å². The molecule has 1 N–H and O–H groups in total. The number of nitrogens with zero attached hydrogens (tertiary/aromatic N) is 3. The number of rotatable bonds is 4. The van der Waals surface area contributed by atoms with Crippen molar-refractivity contribution in [3.63, 3.8) is 0 Å². The second kappa shape index (κ2) is 7.87. The minimum Gasteiger partial charge on any atom is -0.478 e. The number of hydrogen-bond acceptors (Lipinski definition) is 4. The number of carboxylic acid groups (broad SMARTS) is 1. The summed E-state index contributed by atoms with van der Waals surface area (Å²) in [5.74, 6) is -1.72. The zero-order valence-corrected chi connectivity index (χ0v) is 17.7. The van der Waals surface area contributed by atoms with Gasteiger partial charge in [0.05, 0.1) is 40.3 Å². The lowest BCUT2D eigenvalue weighted by atomic mass is 9.98. The number of amides is 2. The van der Waals surface area contributed by atoms with E-state index in [-0.39, 0.29) is 17.0 Å². The van der Waals surface area contributed by atoms with Crippen LogP contribution in [0.5, 0.6) is 0 Å². The van der Waals surface area contributed by atoms with Gasteiger partial charge >= 0.3 is 5.97 Å². The lowest BCUT2D eigenvalue weighted by Gasteiger charge is -2.17. The van der Waals surface area contributed by atoms with Crippen LogP contribution in [-0.2, 0) is 16.1 Å². The van der Waals surface area contributed by atoms with Crippen molar-refractivity contribution in [1.29, 1.82) is 0 Å². The summed E-state index contributed by atoms with van der Waals surface area (Å²) in [5, 5.41) is 14.7. The van der Waals surface area contributed by atoms with Crippen LogP contribution in [0.4, 0.5) is 11.4 Å². The first-order valence-electron chi connectivity index (χ1n) is 10.4. The number of para-hydroxylation sites is 1. The molecule has 2 heterocycles. The second-order valence-corrected chi connectivity index (χ2v) is 7.80. The number of hydrogen-bond donors (Lipinski definition) is 1. The molecule has 0 saturated carbocycles. The number of anilines is 2. The van der Waals surface area contributed by atoms with Crippen molar-refractivity contribution < 1.29 is 19.5 Å². The van der Waals surface area contributed by atoms with Gasteiger partial charge in [0.2, 0.25) is 0 Å². The van der Waals surface area contributed by atoms with Crippen molar-refractivity contribution in [3.05, 3.63) is 101 Å². The maximum Gasteiger partial charge on any atom is 0.335 e. The molecule has 7 nitrogen and oxygen atoms in total. The van der Waals surface area contributed by atoms with Gasteiger partial charge in [0.1, 0.15) is 0 Å². The summed E-state index contributed by atoms with van der Waals surface area (Å²) in [6, 6.07) is 23.0. The predicted octanol–water partition coefficient (Wildman–Crippen LogP) is 4.11. The fourth-order valence-electron chi connectivity index (χ4n) is 4.16. The quantitative estimate of drug-likeness (QED) is 0.622. The molecule has 0 atom stereocenters. The fraction of sp³-hybridized carbons (Fsp3) is 0.0769. The predicted molar refractivity (Wildman–Crippen MR) is 125 cm³/mol. The molecule has 3 aromatic rings. The molecule has 2 aliphatic rings. The van der Waals surface area contributed by atoms with Gasteiger partial charge in [-0.05, 0) is 42.8 Å². The molecule has 7 heteroatoms. The lowest BCUT2D eigenvalue weighted by molar-refractivity contribution is -0.115. The summed E-state index contributed by atoms with van der Waals surface area (Å²) in [6.07, 6.45) is 0. The highest BCUT2D eigenvalue weighted by Gasteiger charge is 2.40. The van der Waals surface area contributed by atoms with E-state index in [4.69, 9.17) is 5.11 Å². The number of fused-ring (bicyclic) bond motifs is 1. The Balaban J connectivity index is 1.56. The number of benzene rings is 3. The fourth-order valence-corrected chi connectivity index (χ4v) is 4.16. The van der Waals surface area contributed by atoms with Crippen LogP contribution >= 0.6 is 0 Å². The first-order valence-corrected chi connectivity index (χ1v) is 10.4. The molecule has 0 bridgehead atoms. The molecule has 0 spiro atoms. The Morgan fingerprint density at radius 3 is 2.21 bits per heavy atom. The van der Waals surface area contributed by atoms with Crippen molar-refractivity contribution in [2.45, 2.75) is 13.5 Å². The van der Waals surface area contributed by atoms with Crippen LogP contribution in [0.1, 0.15) is 28.4 Å². The average Bonchev–Trinajstić information content (AvgIpc) is 3.27. The topological polar surface area (TPSA) is 90.3 Å². The number of aromatic carboxylic acids is 1. The monoisotopic (exact) mass is 437 g/mol. The minimum atomic E-state index is -1.05. The molecule has 0 fully saturated rings. The largest absolute Gasteiger partial charge is 0.478 e. The van der Waals surface area contributed by atoms with E-state index in [1.807, 2.05) is 54.6 Å². The number of hydrazone groups is 1. The molecule has 3 aromatic carbocycles. The number of carbonyl (C=O) groups excluding carboxylic acids is 2. The van der Waals surface area contributed by atoms with Crippen molar-refractivity contribution in [2.75, 3.05) is 9.91 Å². The molecule has 0 radical (unpaired) electrons. The molecule has 33 heavy (non-hydrogen) atoms. The van der Waals surface area contributed by atoms with Crippen molar-refractivity contribution in [2.24, 2.45) is 5.10 Å². The Bertz CT molecular complexity index is 1360. The van der Waals surface area contributed by atoms with Crippen LogP contribution in [0.25, 0.3) is 5.57 Å². The smallest absolute Gasteiger partial charge is 0.335 e. The second-order valence-electron chi connectivity index (χ2n) is 7.80. The molecule has 2 amide bonds. The molecule has 0 aliphatic carbocycles. The van der Waals surface area contributed by atoms with E-state index in [1.54, 1.807) is 11.8 Å². The molecule has 5 rings (SSSR count). The van der Waals surface area contributed by atoms with Crippen LogP contribution in [-0.4, -0.2) is 28.6 Å². The Labute approximate surface area is 189 Å². The molecular weight excluding hydrogens is 418 g/mol. The number of carbonyl (C=O) groups is 3. The lowest BCUT2D eigenvalue weighted by Crippen LogP contribution is -2.28. The molecule has 2 aliphatic heterocycles. The van der Waals surface area contributed by atoms with Gasteiger partial charge in [0.15, 0.2) is 0 Å². The Hall–Kier alpha value is -4.52. The SMILES string of the molecule is CC1=NN(c2ccc(C(=O)O)cc2)C(=O)C1=C1C(=O)N(Cc2ccccc2)c2ccccc21. The van der Waals surface area contributed by atoms with E-state index in [2.05, 4.69) is 5.10 Å². The summed E-state index contributed by atoms with van der Waals surface area (Å²) < 4.78 is 0. The molecule has 162 valence electrons. The minimum absolute atomic E-state index is 0.112. The van der Waals surface area contributed by atoms with Gasteiger partial charge in [-0.25, -0.2) is 4.79 Å². The van der Waals surface area contributed by atoms with E-state index in [1.165, 1.54) is 29.3 Å². The van der Waals surface area contributed by atoms with E-state index < -0.39 is 11.9 Å². The molecule has 0 unspecified atom stereocenters. The van der Waals surface area contributed by atoms with Gasteiger partial charge in [-0.3, -0.25) is 9.59 Å². The van der Waals surface area contributed by atoms with Gasteiger partial charge in [-0.2, -0.15) is 10.1 Å². The van der Waals surface area contributed by atoms with E-state index in [0.29, 0.717) is 29.1 Å². The summed E-state index contributed by atoms with van der Waals surface area (Å²) in [5.41, 5.74) is 3.99. The van der Waals surface area contributed by atoms with Crippen LogP contribution in [0.2, 0.25) is 0 Å². The van der Waals surface area contributed by atoms with Crippen LogP contribution in [0, 0.1) is 0 Å². The van der Waals surface area contributed by atoms with E-state index in [0.717, 1.165) is 11.3 Å². The summed E-state index contributed by atoms with van der Waals surface area (Å²) in [7, 11) is 0. The van der Waals surface area contributed by atoms with Crippen molar-refractivity contribution in [3.8, 4) is 0 Å². The van der Waals surface area contributed by atoms with E-state index in [9.17, 15) is 14.4 Å². The summed E-state index contributed by atoms with van der Waals surface area (Å²) in [4.78, 5) is 39.8. The summed E-state index contributed by atoms with van der Waals surface area (Å²) >= 11 is 0. The third-order valence-corrected chi connectivity index (χ3v) is 5.73.